The van der Waals surface area contributed by atoms with E-state index in [4.69, 9.17) is 4.84 Å². The molecule has 0 saturated carbocycles. The van der Waals surface area contributed by atoms with E-state index in [1.807, 2.05) is 30.3 Å². The lowest BCUT2D eigenvalue weighted by Gasteiger charge is -2.09. The van der Waals surface area contributed by atoms with Crippen LogP contribution in [-0.4, -0.2) is 12.2 Å². The molecule has 16 heavy (non-hydrogen) atoms. The summed E-state index contributed by atoms with van der Waals surface area (Å²) >= 11 is 0. The summed E-state index contributed by atoms with van der Waals surface area (Å²) in [5.74, 6) is 0.251. The molecule has 2 rings (SSSR count). The fourth-order valence-electron chi connectivity index (χ4n) is 1.50. The van der Waals surface area contributed by atoms with Crippen molar-refractivity contribution in [3.8, 4) is 16.9 Å². The summed E-state index contributed by atoms with van der Waals surface area (Å²) in [6, 6.07) is 15.7. The number of aromatic hydroxyl groups is 1. The van der Waals surface area contributed by atoms with Gasteiger partial charge in [-0.15, -0.1) is 0 Å². The molecule has 0 unspecified atom stereocenters. The van der Waals surface area contributed by atoms with Gasteiger partial charge in [-0.1, -0.05) is 24.3 Å². The van der Waals surface area contributed by atoms with Gasteiger partial charge in [0.1, 0.15) is 5.75 Å². The first-order valence-corrected chi connectivity index (χ1v) is 4.90. The summed E-state index contributed by atoms with van der Waals surface area (Å²) in [6.45, 7) is 0. The molecular weight excluding hydrogens is 202 g/mol. The van der Waals surface area contributed by atoms with Crippen molar-refractivity contribution < 1.29 is 9.94 Å². The van der Waals surface area contributed by atoms with Gasteiger partial charge in [-0.25, -0.2) is 0 Å². The summed E-state index contributed by atoms with van der Waals surface area (Å²) in [7, 11) is 1.56. The van der Waals surface area contributed by atoms with E-state index in [0.29, 0.717) is 0 Å². The molecule has 0 aliphatic carbocycles. The molecule has 2 aromatic rings. The van der Waals surface area contributed by atoms with Crippen LogP contribution in [-0.2, 0) is 4.84 Å². The Kier molecular flexibility index (Phi) is 3.08. The Morgan fingerprint density at radius 1 is 1.19 bits per heavy atom. The van der Waals surface area contributed by atoms with Crippen molar-refractivity contribution in [3.63, 3.8) is 0 Å². The van der Waals surface area contributed by atoms with Crippen molar-refractivity contribution in [2.75, 3.05) is 12.6 Å². The molecule has 3 heteroatoms. The lowest BCUT2D eigenvalue weighted by atomic mass is 10.0. The highest BCUT2D eigenvalue weighted by atomic mass is 16.6. The Morgan fingerprint density at radius 3 is 2.62 bits per heavy atom. The van der Waals surface area contributed by atoms with E-state index < -0.39 is 0 Å². The van der Waals surface area contributed by atoms with Gasteiger partial charge in [0.15, 0.2) is 0 Å². The molecule has 0 amide bonds. The SMILES string of the molecule is CONc1ccc[c]c1-c1ccc(O)cc1. The van der Waals surface area contributed by atoms with Gasteiger partial charge in [-0.05, 0) is 29.8 Å². The van der Waals surface area contributed by atoms with Crippen LogP contribution >= 0.6 is 0 Å². The van der Waals surface area contributed by atoms with E-state index in [1.54, 1.807) is 19.2 Å². The maximum atomic E-state index is 9.23. The van der Waals surface area contributed by atoms with Gasteiger partial charge in [-0.2, -0.15) is 0 Å². The number of rotatable bonds is 3. The quantitative estimate of drug-likeness (QED) is 0.772. The average Bonchev–Trinajstić information content (AvgIpc) is 2.32. The van der Waals surface area contributed by atoms with Gasteiger partial charge < -0.3 is 5.11 Å². The van der Waals surface area contributed by atoms with Crippen LogP contribution in [0.2, 0.25) is 0 Å². The van der Waals surface area contributed by atoms with Crippen molar-refractivity contribution in [2.24, 2.45) is 0 Å². The summed E-state index contributed by atoms with van der Waals surface area (Å²) in [5.41, 5.74) is 5.52. The van der Waals surface area contributed by atoms with Gasteiger partial charge in [0.2, 0.25) is 0 Å². The Bertz CT molecular complexity index is 466. The number of hydrogen-bond acceptors (Lipinski definition) is 3. The van der Waals surface area contributed by atoms with E-state index >= 15 is 0 Å². The summed E-state index contributed by atoms with van der Waals surface area (Å²) in [5, 5.41) is 9.23. The first-order chi connectivity index (χ1) is 7.81. The zero-order valence-corrected chi connectivity index (χ0v) is 8.90. The van der Waals surface area contributed by atoms with Gasteiger partial charge in [0.25, 0.3) is 0 Å². The van der Waals surface area contributed by atoms with Crippen molar-refractivity contribution in [2.45, 2.75) is 0 Å². The van der Waals surface area contributed by atoms with Crippen LogP contribution in [0.4, 0.5) is 5.69 Å². The molecule has 0 aliphatic rings. The Balaban J connectivity index is 2.42. The number of hydrogen-bond donors (Lipinski definition) is 2. The Morgan fingerprint density at radius 2 is 1.94 bits per heavy atom. The fourth-order valence-corrected chi connectivity index (χ4v) is 1.50. The molecule has 0 saturated heterocycles. The number of nitrogens with one attached hydrogen (secondary N) is 1. The van der Waals surface area contributed by atoms with Crippen molar-refractivity contribution in [1.29, 1.82) is 0 Å². The van der Waals surface area contributed by atoms with Crippen LogP contribution < -0.4 is 5.48 Å². The molecule has 1 radical (unpaired) electrons. The van der Waals surface area contributed by atoms with E-state index in [0.717, 1.165) is 16.8 Å². The van der Waals surface area contributed by atoms with Crippen LogP contribution in [0.5, 0.6) is 5.75 Å². The summed E-state index contributed by atoms with van der Waals surface area (Å²) < 4.78 is 0. The number of phenols is 1. The number of benzene rings is 2. The molecule has 2 aromatic carbocycles. The first kappa shape index (κ1) is 10.5. The van der Waals surface area contributed by atoms with Gasteiger partial charge in [0.05, 0.1) is 12.8 Å². The molecule has 0 bridgehead atoms. The maximum Gasteiger partial charge on any atom is 0.115 e. The smallest absolute Gasteiger partial charge is 0.115 e. The van der Waals surface area contributed by atoms with Gasteiger partial charge >= 0.3 is 0 Å². The van der Waals surface area contributed by atoms with E-state index in [1.165, 1.54) is 0 Å². The predicted molar refractivity (Wildman–Crippen MR) is 63.0 cm³/mol. The van der Waals surface area contributed by atoms with E-state index in [-0.39, 0.29) is 5.75 Å². The fraction of sp³-hybridized carbons (Fsp3) is 0.0769. The van der Waals surface area contributed by atoms with Crippen LogP contribution in [0.1, 0.15) is 0 Å². The third-order valence-electron chi connectivity index (χ3n) is 2.22. The number of anilines is 1. The number of phenolic OH excluding ortho intramolecular Hbond substituents is 1. The molecule has 0 atom stereocenters. The zero-order valence-electron chi connectivity index (χ0n) is 8.90. The first-order valence-electron chi connectivity index (χ1n) is 4.90. The minimum Gasteiger partial charge on any atom is -0.508 e. The van der Waals surface area contributed by atoms with Crippen LogP contribution in [0, 0.1) is 6.07 Å². The predicted octanol–water partition coefficient (Wildman–Crippen LogP) is 2.83. The van der Waals surface area contributed by atoms with Crippen molar-refractivity contribution in [1.82, 2.24) is 0 Å². The highest BCUT2D eigenvalue weighted by molar-refractivity contribution is 5.76. The minimum atomic E-state index is 0.251. The van der Waals surface area contributed by atoms with Crippen LogP contribution in [0.15, 0.2) is 42.5 Å². The lowest BCUT2D eigenvalue weighted by molar-refractivity contribution is 0.271. The normalized spacial score (nSPS) is 10.1. The third kappa shape index (κ3) is 2.15. The lowest BCUT2D eigenvalue weighted by Crippen LogP contribution is -1.97. The maximum absolute atomic E-state index is 9.23. The second-order valence-electron chi connectivity index (χ2n) is 3.31. The Labute approximate surface area is 94.3 Å². The highest BCUT2D eigenvalue weighted by Gasteiger charge is 2.04. The van der Waals surface area contributed by atoms with Crippen LogP contribution in [0.25, 0.3) is 11.1 Å². The Hall–Kier alpha value is -2.00. The molecule has 2 N–H and O–H groups in total. The molecular formula is C13H12NO2. The van der Waals surface area contributed by atoms with Gasteiger partial charge in [0, 0.05) is 5.56 Å². The second kappa shape index (κ2) is 4.68. The highest BCUT2D eigenvalue weighted by Crippen LogP contribution is 2.28. The summed E-state index contributed by atoms with van der Waals surface area (Å²) in [6.07, 6.45) is 0. The molecule has 0 spiro atoms. The minimum absolute atomic E-state index is 0.251. The molecule has 0 aromatic heterocycles. The molecule has 81 valence electrons. The van der Waals surface area contributed by atoms with E-state index in [9.17, 15) is 5.11 Å². The third-order valence-corrected chi connectivity index (χ3v) is 2.22. The van der Waals surface area contributed by atoms with Gasteiger partial charge in [-0.3, -0.25) is 10.3 Å². The molecule has 3 nitrogen and oxygen atoms in total. The van der Waals surface area contributed by atoms with E-state index in [2.05, 4.69) is 11.5 Å². The largest absolute Gasteiger partial charge is 0.508 e. The monoisotopic (exact) mass is 214 g/mol. The van der Waals surface area contributed by atoms with Crippen molar-refractivity contribution >= 4 is 5.69 Å². The molecule has 0 heterocycles. The van der Waals surface area contributed by atoms with Crippen LogP contribution in [0.3, 0.4) is 0 Å². The topological polar surface area (TPSA) is 41.5 Å². The molecule has 0 fully saturated rings. The zero-order chi connectivity index (χ0) is 11.4. The second-order valence-corrected chi connectivity index (χ2v) is 3.31. The standard InChI is InChI=1S/C13H12NO2/c1-16-14-13-5-3-2-4-12(13)10-6-8-11(15)9-7-10/h2-3,5-9,14-15H,1H3. The van der Waals surface area contributed by atoms with Crippen molar-refractivity contribution in [3.05, 3.63) is 48.5 Å². The average molecular weight is 214 g/mol. The summed E-state index contributed by atoms with van der Waals surface area (Å²) in [4.78, 5) is 4.89. The molecule has 0 aliphatic heterocycles.